The summed E-state index contributed by atoms with van der Waals surface area (Å²) < 4.78 is 12.3. The summed E-state index contributed by atoms with van der Waals surface area (Å²) >= 11 is 0. The van der Waals surface area contributed by atoms with Crippen LogP contribution in [0.1, 0.15) is 49.9 Å². The van der Waals surface area contributed by atoms with Crippen LogP contribution < -0.4 is 0 Å². The second kappa shape index (κ2) is 12.8. The summed E-state index contributed by atoms with van der Waals surface area (Å²) in [5, 5.41) is 9.59. The van der Waals surface area contributed by atoms with Crippen molar-refractivity contribution >= 4 is 27.9 Å². The minimum Gasteiger partial charge on any atom is -0.445 e. The molecule has 1 aliphatic rings. The van der Waals surface area contributed by atoms with Gasteiger partial charge in [0.25, 0.3) is 0 Å². The van der Waals surface area contributed by atoms with Crippen LogP contribution >= 0.6 is 13.5 Å². The third-order valence-electron chi connectivity index (χ3n) is 7.29. The average molecular weight is 528 g/mol. The Labute approximate surface area is 224 Å². The summed E-state index contributed by atoms with van der Waals surface area (Å²) in [6.07, 6.45) is 0.811. The highest BCUT2D eigenvalue weighted by atomic mass is 32.1. The molecule has 6 nitrogen and oxygen atoms in total. The van der Waals surface area contributed by atoms with E-state index in [0.29, 0.717) is 12.1 Å². The fourth-order valence-corrected chi connectivity index (χ4v) is 5.49. The topological polar surface area (TPSA) is 65.8 Å². The van der Waals surface area contributed by atoms with Crippen molar-refractivity contribution in [1.82, 2.24) is 9.80 Å². The van der Waals surface area contributed by atoms with Crippen LogP contribution in [0.15, 0.2) is 54.6 Å². The van der Waals surface area contributed by atoms with Gasteiger partial charge < -0.3 is 14.1 Å². The van der Waals surface area contributed by atoms with Crippen molar-refractivity contribution in [2.45, 2.75) is 64.1 Å². The summed E-state index contributed by atoms with van der Waals surface area (Å²) in [5.74, 6) is 0. The zero-order valence-corrected chi connectivity index (χ0v) is 24.5. The van der Waals surface area contributed by atoms with Crippen molar-refractivity contribution in [1.29, 1.82) is 5.26 Å². The molecule has 3 rings (SSSR count). The van der Waals surface area contributed by atoms with Gasteiger partial charge in [0.2, 0.25) is 0 Å². The van der Waals surface area contributed by atoms with Crippen molar-refractivity contribution in [3.05, 3.63) is 71.3 Å². The summed E-state index contributed by atoms with van der Waals surface area (Å²) in [6, 6.07) is 19.2. The molecular formula is C28H41N3O3SSi. The minimum atomic E-state index is -1.85. The summed E-state index contributed by atoms with van der Waals surface area (Å²) in [4.78, 5) is 17.0. The fourth-order valence-electron chi connectivity index (χ4n) is 4.11. The predicted octanol–water partition coefficient (Wildman–Crippen LogP) is 6.08. The number of likely N-dealkylation sites (N-methyl/N-ethyl adjacent to an activating group) is 1. The molecule has 0 radical (unpaired) electrons. The molecule has 1 fully saturated rings. The third-order valence-corrected chi connectivity index (χ3v) is 11.8. The first-order chi connectivity index (χ1) is 16.5. The van der Waals surface area contributed by atoms with Crippen LogP contribution in [0.5, 0.6) is 0 Å². The van der Waals surface area contributed by atoms with Gasteiger partial charge in [0.1, 0.15) is 6.61 Å². The monoisotopic (exact) mass is 527 g/mol. The third kappa shape index (κ3) is 7.84. The van der Waals surface area contributed by atoms with Crippen LogP contribution in [0.2, 0.25) is 18.1 Å². The van der Waals surface area contributed by atoms with E-state index in [0.717, 1.165) is 30.6 Å². The lowest BCUT2D eigenvalue weighted by atomic mass is 10.0. The normalized spacial score (nSPS) is 17.1. The second-order valence-electron chi connectivity index (χ2n) is 11.0. The number of carbonyl (C=O) groups excluding carboxylic acids is 1. The molecule has 2 aromatic rings. The SMILES string of the molecule is CN(C(=O)OCc1ccccc1)[C@H](CN1CC[C@H](O[Si](C)(C)C(C)(C)C)C1)c1cccc(C#N)c1.S. The Kier molecular flexibility index (Phi) is 10.6. The molecule has 1 saturated heterocycles. The molecule has 0 unspecified atom stereocenters. The molecule has 36 heavy (non-hydrogen) atoms. The minimum absolute atomic E-state index is 0. The highest BCUT2D eigenvalue weighted by Crippen LogP contribution is 2.38. The Morgan fingerprint density at radius 3 is 2.53 bits per heavy atom. The van der Waals surface area contributed by atoms with Crippen LogP contribution in [0.3, 0.4) is 0 Å². The molecule has 1 amide bonds. The molecule has 2 aromatic carbocycles. The molecular weight excluding hydrogens is 486 g/mol. The number of carbonyl (C=O) groups is 1. The number of ether oxygens (including phenoxy) is 1. The number of benzene rings is 2. The summed E-state index contributed by atoms with van der Waals surface area (Å²) in [7, 11) is -0.0712. The van der Waals surface area contributed by atoms with Crippen LogP contribution in [0.25, 0.3) is 0 Å². The summed E-state index contributed by atoms with van der Waals surface area (Å²) in [6.45, 7) is 14.0. The molecule has 8 heteroatoms. The fraction of sp³-hybridized carbons (Fsp3) is 0.500. The Morgan fingerprint density at radius 1 is 1.19 bits per heavy atom. The molecule has 196 valence electrons. The predicted molar refractivity (Wildman–Crippen MR) is 152 cm³/mol. The largest absolute Gasteiger partial charge is 0.445 e. The van der Waals surface area contributed by atoms with Crippen molar-refractivity contribution < 1.29 is 14.0 Å². The zero-order chi connectivity index (χ0) is 25.6. The molecule has 0 aliphatic carbocycles. The van der Waals surface area contributed by atoms with E-state index in [1.54, 1.807) is 18.0 Å². The molecule has 0 aromatic heterocycles. The van der Waals surface area contributed by atoms with Gasteiger partial charge in [-0.05, 0) is 47.8 Å². The quantitative estimate of drug-likeness (QED) is 0.390. The molecule has 0 N–H and O–H groups in total. The first-order valence-corrected chi connectivity index (χ1v) is 15.2. The van der Waals surface area contributed by atoms with E-state index in [1.165, 1.54) is 0 Å². The Bertz CT molecular complexity index is 1040. The number of nitriles is 1. The Morgan fingerprint density at radius 2 is 1.89 bits per heavy atom. The van der Waals surface area contributed by atoms with E-state index in [4.69, 9.17) is 9.16 Å². The van der Waals surface area contributed by atoms with Crippen LogP contribution in [-0.4, -0.2) is 57.0 Å². The standard InChI is InChI=1S/C28H39N3O3Si.H2S/c1-28(2,3)35(5,6)34-25-15-16-31(19-25)20-26(24-14-10-13-23(17-24)18-29)30(4)27(32)33-21-22-11-8-7-9-12-22;/h7-14,17,25-26H,15-16,19-21H2,1-6H3;1H2/t25-,26+;/m0./s1. The van der Waals surface area contributed by atoms with Crippen LogP contribution in [0, 0.1) is 11.3 Å². The van der Waals surface area contributed by atoms with Crippen LogP contribution in [0.4, 0.5) is 4.79 Å². The van der Waals surface area contributed by atoms with Crippen molar-refractivity contribution in [2.24, 2.45) is 0 Å². The number of likely N-dealkylation sites (tertiary alicyclic amines) is 1. The van der Waals surface area contributed by atoms with E-state index in [9.17, 15) is 10.1 Å². The molecule has 0 bridgehead atoms. The van der Waals surface area contributed by atoms with Gasteiger partial charge in [-0.2, -0.15) is 18.8 Å². The lowest BCUT2D eigenvalue weighted by Gasteiger charge is -2.38. The van der Waals surface area contributed by atoms with Crippen molar-refractivity contribution in [3.63, 3.8) is 0 Å². The first-order valence-electron chi connectivity index (χ1n) is 12.3. The number of rotatable bonds is 8. The van der Waals surface area contributed by atoms with Gasteiger partial charge in [-0.25, -0.2) is 4.79 Å². The van der Waals surface area contributed by atoms with Crippen LogP contribution in [-0.2, 0) is 15.8 Å². The van der Waals surface area contributed by atoms with E-state index < -0.39 is 8.32 Å². The highest BCUT2D eigenvalue weighted by molar-refractivity contribution is 7.59. The number of amides is 1. The van der Waals surface area contributed by atoms with Gasteiger partial charge in [-0.1, -0.05) is 63.2 Å². The number of hydrogen-bond acceptors (Lipinski definition) is 5. The van der Waals surface area contributed by atoms with Gasteiger partial charge in [0.05, 0.1) is 23.8 Å². The Balaban J connectivity index is 0.00000456. The average Bonchev–Trinajstić information content (AvgIpc) is 3.26. The maximum atomic E-state index is 13.0. The maximum absolute atomic E-state index is 13.0. The van der Waals surface area contributed by atoms with Crippen molar-refractivity contribution in [2.75, 3.05) is 26.7 Å². The van der Waals surface area contributed by atoms with E-state index >= 15 is 0 Å². The van der Waals surface area contributed by atoms with E-state index in [-0.39, 0.29) is 43.4 Å². The van der Waals surface area contributed by atoms with Gasteiger partial charge in [-0.3, -0.25) is 4.90 Å². The molecule has 2 atom stereocenters. The number of nitrogens with zero attached hydrogens (tertiary/aromatic N) is 3. The van der Waals surface area contributed by atoms with Gasteiger partial charge in [-0.15, -0.1) is 0 Å². The molecule has 0 spiro atoms. The molecule has 1 heterocycles. The summed E-state index contributed by atoms with van der Waals surface area (Å²) in [5.41, 5.74) is 2.46. The van der Waals surface area contributed by atoms with Gasteiger partial charge in [0, 0.05) is 26.7 Å². The van der Waals surface area contributed by atoms with Gasteiger partial charge in [0.15, 0.2) is 8.32 Å². The maximum Gasteiger partial charge on any atom is 0.410 e. The molecule has 0 saturated carbocycles. The van der Waals surface area contributed by atoms with Gasteiger partial charge >= 0.3 is 6.09 Å². The zero-order valence-electron chi connectivity index (χ0n) is 22.5. The highest BCUT2D eigenvalue weighted by Gasteiger charge is 2.41. The van der Waals surface area contributed by atoms with E-state index in [2.05, 4.69) is 44.8 Å². The Hall–Kier alpha value is -2.31. The lowest BCUT2D eigenvalue weighted by Crippen LogP contribution is -2.45. The molecule has 1 aliphatic heterocycles. The lowest BCUT2D eigenvalue weighted by molar-refractivity contribution is 0.0819. The van der Waals surface area contributed by atoms with Crippen molar-refractivity contribution in [3.8, 4) is 6.07 Å². The smallest absolute Gasteiger partial charge is 0.410 e. The van der Waals surface area contributed by atoms with E-state index in [1.807, 2.05) is 48.5 Å². The second-order valence-corrected chi connectivity index (χ2v) is 15.7. The number of hydrogen-bond donors (Lipinski definition) is 0. The first kappa shape index (κ1) is 29.9.